The molecule has 0 spiro atoms. The highest BCUT2D eigenvalue weighted by atomic mass is 35.5. The third-order valence-corrected chi connectivity index (χ3v) is 13.4. The number of piperidine rings is 1. The minimum absolute atomic E-state index is 0.116. The first kappa shape index (κ1) is 32.7. The number of carbonyl (C=O) groups excluding carboxylic acids is 1. The minimum Gasteiger partial charge on any atom is -0.493 e. The van der Waals surface area contributed by atoms with Crippen LogP contribution in [0.3, 0.4) is 0 Å². The third kappa shape index (κ3) is 9.38. The Bertz CT molecular complexity index is 1120. The maximum absolute atomic E-state index is 13.6. The van der Waals surface area contributed by atoms with Crippen molar-refractivity contribution in [3.8, 4) is 11.5 Å². The van der Waals surface area contributed by atoms with Crippen LogP contribution in [0.4, 0.5) is 5.69 Å². The summed E-state index contributed by atoms with van der Waals surface area (Å²) < 4.78 is 18.0. The van der Waals surface area contributed by atoms with Crippen LogP contribution in [-0.4, -0.2) is 59.1 Å². The smallest absolute Gasteiger partial charge is 0.231 e. The highest BCUT2D eigenvalue weighted by Gasteiger charge is 2.37. The van der Waals surface area contributed by atoms with Gasteiger partial charge in [0, 0.05) is 24.9 Å². The molecule has 1 heterocycles. The van der Waals surface area contributed by atoms with Gasteiger partial charge >= 0.3 is 0 Å². The summed E-state index contributed by atoms with van der Waals surface area (Å²) in [5.41, 5.74) is 1.48. The molecule has 9 heteroatoms. The second-order valence-corrected chi connectivity index (χ2v) is 17.7. The van der Waals surface area contributed by atoms with E-state index in [2.05, 4.69) is 44.1 Å². The predicted octanol–water partition coefficient (Wildman–Crippen LogP) is 8.39. The lowest BCUT2D eigenvalue weighted by atomic mass is 9.93. The molecule has 1 N–H and O–H groups in total. The summed E-state index contributed by atoms with van der Waals surface area (Å²) in [6.45, 7) is 15.4. The van der Waals surface area contributed by atoms with E-state index in [0.29, 0.717) is 46.9 Å². The topological polar surface area (TPSA) is 60.0 Å². The molecule has 1 atom stereocenters. The van der Waals surface area contributed by atoms with E-state index in [0.717, 1.165) is 31.6 Å². The van der Waals surface area contributed by atoms with Gasteiger partial charge in [0.15, 0.2) is 19.8 Å². The zero-order valence-electron chi connectivity index (χ0n) is 24.9. The number of likely N-dealkylation sites (tertiary alicyclic amines) is 1. The number of hydrogen-bond donors (Lipinski definition) is 1. The van der Waals surface area contributed by atoms with E-state index >= 15 is 0 Å². The highest BCUT2D eigenvalue weighted by molar-refractivity contribution is 6.74. The van der Waals surface area contributed by atoms with Crippen molar-refractivity contribution >= 4 is 43.1 Å². The van der Waals surface area contributed by atoms with Gasteiger partial charge in [-0.15, -0.1) is 0 Å². The van der Waals surface area contributed by atoms with Crippen molar-refractivity contribution in [2.45, 2.75) is 76.9 Å². The van der Waals surface area contributed by atoms with E-state index in [-0.39, 0.29) is 10.9 Å². The van der Waals surface area contributed by atoms with Crippen molar-refractivity contribution in [1.29, 1.82) is 0 Å². The summed E-state index contributed by atoms with van der Waals surface area (Å²) >= 11 is 12.5. The Balaban J connectivity index is 1.69. The zero-order valence-corrected chi connectivity index (χ0v) is 27.5. The molecule has 0 radical (unpaired) electrons. The first-order valence-electron chi connectivity index (χ1n) is 14.3. The number of rotatable bonds is 13. The summed E-state index contributed by atoms with van der Waals surface area (Å²) in [6, 6.07) is 10.9. The highest BCUT2D eigenvalue weighted by Crippen LogP contribution is 2.37. The summed E-state index contributed by atoms with van der Waals surface area (Å²) in [5, 5.41) is 4.13. The molecule has 1 aliphatic heterocycles. The van der Waals surface area contributed by atoms with Crippen LogP contribution in [0.25, 0.3) is 0 Å². The fraction of sp³-hybridized carbons (Fsp3) is 0.581. The quantitative estimate of drug-likeness (QED) is 0.183. The van der Waals surface area contributed by atoms with Crippen LogP contribution in [0.5, 0.6) is 11.5 Å². The molecule has 1 saturated heterocycles. The summed E-state index contributed by atoms with van der Waals surface area (Å²) in [6.07, 6.45) is 5.16. The lowest BCUT2D eigenvalue weighted by Crippen LogP contribution is -2.41. The van der Waals surface area contributed by atoms with Crippen LogP contribution in [0, 0.1) is 0 Å². The van der Waals surface area contributed by atoms with Gasteiger partial charge in [0.2, 0.25) is 5.91 Å². The molecule has 6 nitrogen and oxygen atoms in total. The maximum Gasteiger partial charge on any atom is 0.231 e. The fourth-order valence-electron chi connectivity index (χ4n) is 4.57. The molecule has 40 heavy (non-hydrogen) atoms. The van der Waals surface area contributed by atoms with E-state index in [1.807, 2.05) is 24.3 Å². The van der Waals surface area contributed by atoms with E-state index in [4.69, 9.17) is 37.1 Å². The zero-order chi connectivity index (χ0) is 29.3. The SMILES string of the molecule is COc1ccc(NC(=O)C(CCCO[Si](C)(C)C(C)(C)C)c2ccc(Cl)c(Cl)c2)cc1OCCN1CCCCC1. The van der Waals surface area contributed by atoms with Gasteiger partial charge in [0.1, 0.15) is 6.61 Å². The third-order valence-electron chi connectivity index (χ3n) is 8.11. The Hall–Kier alpha value is -1.77. The Labute approximate surface area is 251 Å². The minimum atomic E-state index is -1.87. The molecule has 1 aliphatic rings. The molecule has 1 amide bonds. The van der Waals surface area contributed by atoms with Crippen molar-refractivity contribution in [2.24, 2.45) is 0 Å². The maximum atomic E-state index is 13.6. The molecular formula is C31H46Cl2N2O4Si. The summed E-state index contributed by atoms with van der Waals surface area (Å²) in [5.74, 6) is 0.727. The van der Waals surface area contributed by atoms with Gasteiger partial charge < -0.3 is 19.2 Å². The number of halogens is 2. The molecule has 2 aromatic rings. The van der Waals surface area contributed by atoms with Crippen LogP contribution in [0.2, 0.25) is 28.2 Å². The van der Waals surface area contributed by atoms with Crippen LogP contribution in [0.15, 0.2) is 36.4 Å². The molecule has 2 aromatic carbocycles. The average Bonchev–Trinajstić information content (AvgIpc) is 2.90. The Morgan fingerprint density at radius 1 is 1.00 bits per heavy atom. The van der Waals surface area contributed by atoms with Gasteiger partial charge in [-0.05, 0) is 86.7 Å². The van der Waals surface area contributed by atoms with E-state index in [1.165, 1.54) is 19.3 Å². The second kappa shape index (κ2) is 14.9. The van der Waals surface area contributed by atoms with Gasteiger partial charge in [-0.3, -0.25) is 9.69 Å². The van der Waals surface area contributed by atoms with Gasteiger partial charge in [-0.1, -0.05) is 56.5 Å². The second-order valence-electron chi connectivity index (χ2n) is 12.1. The molecular weight excluding hydrogens is 563 g/mol. The number of anilines is 1. The molecule has 222 valence electrons. The molecule has 3 rings (SSSR count). The Morgan fingerprint density at radius 3 is 2.38 bits per heavy atom. The lowest BCUT2D eigenvalue weighted by Gasteiger charge is -2.36. The molecule has 1 unspecified atom stereocenters. The van der Waals surface area contributed by atoms with E-state index in [1.54, 1.807) is 19.2 Å². The first-order chi connectivity index (χ1) is 18.9. The average molecular weight is 610 g/mol. The van der Waals surface area contributed by atoms with Crippen LogP contribution >= 0.6 is 23.2 Å². The predicted molar refractivity (Wildman–Crippen MR) is 169 cm³/mol. The van der Waals surface area contributed by atoms with Crippen molar-refractivity contribution in [2.75, 3.05) is 45.3 Å². The van der Waals surface area contributed by atoms with Crippen LogP contribution in [-0.2, 0) is 9.22 Å². The summed E-state index contributed by atoms with van der Waals surface area (Å²) in [7, 11) is -0.244. The van der Waals surface area contributed by atoms with Crippen molar-refractivity contribution < 1.29 is 18.7 Å². The van der Waals surface area contributed by atoms with E-state index < -0.39 is 14.2 Å². The first-order valence-corrected chi connectivity index (χ1v) is 18.0. The standard InChI is InChI=1S/C31H46Cl2N2O4Si/c1-31(2,3)40(5,6)39-19-10-11-25(23-12-14-26(32)27(33)21-23)30(36)34-24-13-15-28(37-4)29(22-24)38-20-18-35-16-8-7-9-17-35/h12-15,21-22,25H,7-11,16-20H2,1-6H3,(H,34,36). The number of ether oxygens (including phenoxy) is 2. The number of amides is 1. The fourth-order valence-corrected chi connectivity index (χ4v) is 5.97. The number of nitrogens with zero attached hydrogens (tertiary/aromatic N) is 1. The van der Waals surface area contributed by atoms with Gasteiger partial charge in [-0.25, -0.2) is 0 Å². The number of nitrogens with one attached hydrogen (secondary N) is 1. The largest absolute Gasteiger partial charge is 0.493 e. The summed E-state index contributed by atoms with van der Waals surface area (Å²) in [4.78, 5) is 16.1. The molecule has 1 fully saturated rings. The molecule has 0 saturated carbocycles. The van der Waals surface area contributed by atoms with Crippen LogP contribution in [0.1, 0.15) is 64.4 Å². The molecule has 0 aliphatic carbocycles. The van der Waals surface area contributed by atoms with Crippen molar-refractivity contribution in [1.82, 2.24) is 4.90 Å². The Morgan fingerprint density at radius 2 is 1.73 bits per heavy atom. The van der Waals surface area contributed by atoms with E-state index in [9.17, 15) is 4.79 Å². The van der Waals surface area contributed by atoms with Crippen molar-refractivity contribution in [3.05, 3.63) is 52.0 Å². The number of hydrogen-bond acceptors (Lipinski definition) is 5. The normalized spacial score (nSPS) is 15.5. The molecule has 0 bridgehead atoms. The Kier molecular flexibility index (Phi) is 12.2. The number of carbonyl (C=O) groups is 1. The van der Waals surface area contributed by atoms with Gasteiger partial charge in [0.25, 0.3) is 0 Å². The number of benzene rings is 2. The van der Waals surface area contributed by atoms with Gasteiger partial charge in [0.05, 0.1) is 23.1 Å². The number of methoxy groups -OCH3 is 1. The van der Waals surface area contributed by atoms with Gasteiger partial charge in [-0.2, -0.15) is 0 Å². The van der Waals surface area contributed by atoms with Crippen LogP contribution < -0.4 is 14.8 Å². The monoisotopic (exact) mass is 608 g/mol. The molecule has 0 aromatic heterocycles. The van der Waals surface area contributed by atoms with Crippen molar-refractivity contribution in [3.63, 3.8) is 0 Å². The lowest BCUT2D eigenvalue weighted by molar-refractivity contribution is -0.117.